The van der Waals surface area contributed by atoms with Crippen molar-refractivity contribution in [1.29, 1.82) is 0 Å². The summed E-state index contributed by atoms with van der Waals surface area (Å²) in [5.74, 6) is 0.956. The molecule has 2 N–H and O–H groups in total. The van der Waals surface area contributed by atoms with Crippen LogP contribution in [0, 0.1) is 11.7 Å². The van der Waals surface area contributed by atoms with E-state index in [1.54, 1.807) is 16.9 Å². The van der Waals surface area contributed by atoms with Crippen molar-refractivity contribution in [3.8, 4) is 17.0 Å². The molecule has 0 saturated heterocycles. The molecule has 150 valence electrons. The first-order valence-electron chi connectivity index (χ1n) is 10.2. The minimum atomic E-state index is -0.337. The number of benzene rings is 1. The Morgan fingerprint density at radius 2 is 2.11 bits per heavy atom. The van der Waals surface area contributed by atoms with Crippen molar-refractivity contribution in [2.75, 3.05) is 19.6 Å². The lowest BCUT2D eigenvalue weighted by Gasteiger charge is -2.21. The number of ether oxygens (including phenoxy) is 1. The highest BCUT2D eigenvalue weighted by molar-refractivity contribution is 5.78. The van der Waals surface area contributed by atoms with Gasteiger partial charge in [0, 0.05) is 24.2 Å². The van der Waals surface area contributed by atoms with Gasteiger partial charge in [-0.3, -0.25) is 9.48 Å². The lowest BCUT2D eigenvalue weighted by molar-refractivity contribution is -0.121. The Kier molecular flexibility index (Phi) is 5.90. The van der Waals surface area contributed by atoms with Crippen LogP contribution in [-0.2, 0) is 17.9 Å². The molecule has 28 heavy (non-hydrogen) atoms. The summed E-state index contributed by atoms with van der Waals surface area (Å²) in [7, 11) is 0. The fraction of sp³-hybridized carbons (Fsp3) is 0.524. The van der Waals surface area contributed by atoms with E-state index in [0.29, 0.717) is 24.5 Å². The van der Waals surface area contributed by atoms with Gasteiger partial charge in [0.2, 0.25) is 5.91 Å². The molecule has 0 spiro atoms. The van der Waals surface area contributed by atoms with Crippen LogP contribution in [0.2, 0.25) is 0 Å². The summed E-state index contributed by atoms with van der Waals surface area (Å²) in [6, 6.07) is 4.42. The topological polar surface area (TPSA) is 68.2 Å². The maximum atomic E-state index is 13.7. The fourth-order valence-electron chi connectivity index (χ4n) is 4.11. The van der Waals surface area contributed by atoms with Gasteiger partial charge in [0.05, 0.1) is 11.9 Å². The maximum absolute atomic E-state index is 13.7. The predicted molar refractivity (Wildman–Crippen MR) is 104 cm³/mol. The van der Waals surface area contributed by atoms with Gasteiger partial charge in [0.25, 0.3) is 0 Å². The van der Waals surface area contributed by atoms with E-state index in [-0.39, 0.29) is 18.3 Å². The number of nitrogens with one attached hydrogen (secondary N) is 2. The van der Waals surface area contributed by atoms with Crippen molar-refractivity contribution in [3.05, 3.63) is 35.8 Å². The molecule has 1 aromatic carbocycles. The van der Waals surface area contributed by atoms with Gasteiger partial charge < -0.3 is 15.4 Å². The smallest absolute Gasteiger partial charge is 0.241 e. The highest BCUT2D eigenvalue weighted by Gasteiger charge is 2.23. The number of aromatic nitrogens is 2. The first kappa shape index (κ1) is 18.9. The number of halogens is 1. The Bertz CT molecular complexity index is 830. The Hall–Kier alpha value is -2.41. The maximum Gasteiger partial charge on any atom is 0.241 e. The molecule has 6 nitrogen and oxygen atoms in total. The van der Waals surface area contributed by atoms with Crippen LogP contribution >= 0.6 is 0 Å². The van der Waals surface area contributed by atoms with Crippen LogP contribution < -0.4 is 15.4 Å². The lowest BCUT2D eigenvalue weighted by Crippen LogP contribution is -2.36. The van der Waals surface area contributed by atoms with E-state index in [2.05, 4.69) is 15.7 Å². The molecular formula is C21H27FN4O2. The van der Waals surface area contributed by atoms with Crippen molar-refractivity contribution >= 4 is 5.91 Å². The Balaban J connectivity index is 1.28. The predicted octanol–water partition coefficient (Wildman–Crippen LogP) is 2.87. The van der Waals surface area contributed by atoms with Gasteiger partial charge in [0.1, 0.15) is 24.7 Å². The summed E-state index contributed by atoms with van der Waals surface area (Å²) in [5.41, 5.74) is 2.26. The zero-order valence-corrected chi connectivity index (χ0v) is 16.0. The molecule has 2 aromatic rings. The van der Waals surface area contributed by atoms with E-state index < -0.39 is 0 Å². The van der Waals surface area contributed by atoms with E-state index in [1.165, 1.54) is 44.2 Å². The molecule has 1 fully saturated rings. The van der Waals surface area contributed by atoms with Crippen molar-refractivity contribution in [2.24, 2.45) is 5.92 Å². The highest BCUT2D eigenvalue weighted by atomic mass is 19.1. The zero-order valence-electron chi connectivity index (χ0n) is 16.0. The van der Waals surface area contributed by atoms with E-state index in [9.17, 15) is 9.18 Å². The second-order valence-electron chi connectivity index (χ2n) is 7.66. The van der Waals surface area contributed by atoms with Gasteiger partial charge in [-0.05, 0) is 43.5 Å². The minimum absolute atomic E-state index is 0.102. The first-order chi connectivity index (χ1) is 13.7. The van der Waals surface area contributed by atoms with Crippen LogP contribution in [0.15, 0.2) is 24.4 Å². The number of carbonyl (C=O) groups is 1. The molecular weight excluding hydrogens is 359 g/mol. The van der Waals surface area contributed by atoms with E-state index in [0.717, 1.165) is 30.3 Å². The van der Waals surface area contributed by atoms with Gasteiger partial charge >= 0.3 is 0 Å². The van der Waals surface area contributed by atoms with Crippen LogP contribution in [0.3, 0.4) is 0 Å². The van der Waals surface area contributed by atoms with Crippen LogP contribution in [0.25, 0.3) is 11.3 Å². The molecule has 0 radical (unpaired) electrons. The van der Waals surface area contributed by atoms with Crippen molar-refractivity contribution in [3.63, 3.8) is 0 Å². The van der Waals surface area contributed by atoms with Gasteiger partial charge in [-0.15, -0.1) is 0 Å². The Labute approximate surface area is 164 Å². The summed E-state index contributed by atoms with van der Waals surface area (Å²) in [5, 5.41) is 10.7. The number of hydrogen-bond donors (Lipinski definition) is 2. The van der Waals surface area contributed by atoms with Crippen molar-refractivity contribution in [2.45, 2.75) is 45.3 Å². The Morgan fingerprint density at radius 1 is 1.25 bits per heavy atom. The fourth-order valence-corrected chi connectivity index (χ4v) is 4.11. The van der Waals surface area contributed by atoms with Gasteiger partial charge in [-0.1, -0.05) is 19.3 Å². The molecule has 4 rings (SSSR count). The quantitative estimate of drug-likeness (QED) is 0.718. The second kappa shape index (κ2) is 8.73. The molecule has 1 aliphatic carbocycles. The molecule has 0 atom stereocenters. The van der Waals surface area contributed by atoms with E-state index in [1.807, 2.05) is 0 Å². The number of hydrogen-bond acceptors (Lipinski definition) is 4. The van der Waals surface area contributed by atoms with Gasteiger partial charge in [-0.2, -0.15) is 5.10 Å². The average Bonchev–Trinajstić information content (AvgIpc) is 3.11. The number of nitrogens with zero attached hydrogens (tertiary/aromatic N) is 2. The number of amides is 1. The summed E-state index contributed by atoms with van der Waals surface area (Å²) < 4.78 is 21.0. The normalized spacial score (nSPS) is 16.2. The molecule has 1 aliphatic heterocycles. The molecule has 2 aliphatic rings. The van der Waals surface area contributed by atoms with Crippen LogP contribution in [0.1, 0.15) is 37.7 Å². The lowest BCUT2D eigenvalue weighted by atomic mass is 9.89. The largest absolute Gasteiger partial charge is 0.488 e. The molecule has 2 heterocycles. The second-order valence-corrected chi connectivity index (χ2v) is 7.66. The summed E-state index contributed by atoms with van der Waals surface area (Å²) >= 11 is 0. The van der Waals surface area contributed by atoms with Gasteiger partial charge in [-0.25, -0.2) is 4.39 Å². The standard InChI is InChI=1S/C21H27FN4O2/c22-17-6-7-19-18(10-17)21-16(14-28-19)12-25-26(21)13-20(27)24-9-8-23-11-15-4-2-1-3-5-15/h6-7,10,12,15,23H,1-5,8-9,11,13-14H2,(H,24,27). The average molecular weight is 386 g/mol. The summed E-state index contributed by atoms with van der Waals surface area (Å²) in [4.78, 5) is 12.3. The van der Waals surface area contributed by atoms with Crippen LogP contribution in [0.4, 0.5) is 4.39 Å². The third-order valence-corrected chi connectivity index (χ3v) is 5.57. The molecule has 0 unspecified atom stereocenters. The van der Waals surface area contributed by atoms with E-state index >= 15 is 0 Å². The molecule has 1 aromatic heterocycles. The highest BCUT2D eigenvalue weighted by Crippen LogP contribution is 2.37. The SMILES string of the molecule is O=C(Cn1ncc2c1-c1cc(F)ccc1OC2)NCCNCC1CCCCC1. The minimum Gasteiger partial charge on any atom is -0.488 e. The molecule has 1 saturated carbocycles. The summed E-state index contributed by atoms with van der Waals surface area (Å²) in [6.45, 7) is 2.87. The zero-order chi connectivity index (χ0) is 19.3. The van der Waals surface area contributed by atoms with Gasteiger partial charge in [0.15, 0.2) is 0 Å². The number of rotatable bonds is 7. The third-order valence-electron chi connectivity index (χ3n) is 5.57. The van der Waals surface area contributed by atoms with Crippen LogP contribution in [-0.4, -0.2) is 35.3 Å². The van der Waals surface area contributed by atoms with E-state index in [4.69, 9.17) is 4.74 Å². The Morgan fingerprint density at radius 3 is 2.96 bits per heavy atom. The van der Waals surface area contributed by atoms with Crippen molar-refractivity contribution in [1.82, 2.24) is 20.4 Å². The van der Waals surface area contributed by atoms with Crippen molar-refractivity contribution < 1.29 is 13.9 Å². The van der Waals surface area contributed by atoms with Crippen LogP contribution in [0.5, 0.6) is 5.75 Å². The third kappa shape index (κ3) is 4.35. The summed E-state index contributed by atoms with van der Waals surface area (Å²) in [6.07, 6.45) is 8.37. The molecule has 0 bridgehead atoms. The monoisotopic (exact) mass is 386 g/mol. The molecule has 1 amide bonds. The first-order valence-corrected chi connectivity index (χ1v) is 10.2. The number of fused-ring (bicyclic) bond motifs is 3. The number of carbonyl (C=O) groups excluding carboxylic acids is 1. The molecule has 7 heteroatoms.